The van der Waals surface area contributed by atoms with Gasteiger partial charge in [-0.3, -0.25) is 0 Å². The third-order valence-electron chi connectivity index (χ3n) is 7.17. The first kappa shape index (κ1) is 29.0. The molecule has 2 bridgehead atoms. The van der Waals surface area contributed by atoms with E-state index >= 15 is 0 Å². The number of halogens is 6. The zero-order valence-corrected chi connectivity index (χ0v) is 22.3. The number of hydrogen-bond donors (Lipinski definition) is 0. The fourth-order valence-corrected chi connectivity index (χ4v) is 22.7. The van der Waals surface area contributed by atoms with E-state index in [0.29, 0.717) is 5.56 Å². The van der Waals surface area contributed by atoms with Crippen molar-refractivity contribution in [1.29, 1.82) is 0 Å². The van der Waals surface area contributed by atoms with E-state index in [1.165, 1.54) is 6.66 Å². The standard InChI is InChI=1S/C19H28F6O6P2S2/c1-32(30-34(26,27)18(20,21)22)10-5-13-33(14-6-11-32,15-7-12-32,16-17-8-3-2-4-9-17)31-35(28,29)19(23,24)25/h2-4,8-9H,5-7,10-16H2,1H3. The van der Waals surface area contributed by atoms with Gasteiger partial charge in [-0.25, -0.2) is 0 Å². The summed E-state index contributed by atoms with van der Waals surface area (Å²) in [5, 5.41) is 0. The first-order valence-electron chi connectivity index (χ1n) is 10.8. The number of rotatable bonds is 6. The molecule has 16 heteroatoms. The van der Waals surface area contributed by atoms with E-state index in [1.807, 2.05) is 0 Å². The van der Waals surface area contributed by atoms with E-state index in [9.17, 15) is 43.2 Å². The van der Waals surface area contributed by atoms with Gasteiger partial charge in [0, 0.05) is 0 Å². The van der Waals surface area contributed by atoms with Crippen LogP contribution in [0.1, 0.15) is 24.8 Å². The summed E-state index contributed by atoms with van der Waals surface area (Å²) in [6.45, 7) is -6.65. The van der Waals surface area contributed by atoms with Gasteiger partial charge >= 0.3 is 201 Å². The normalized spacial score (nSPS) is 26.6. The summed E-state index contributed by atoms with van der Waals surface area (Å²) in [6.07, 6.45) is -0.525. The quantitative estimate of drug-likeness (QED) is 0.240. The summed E-state index contributed by atoms with van der Waals surface area (Å²) in [7, 11) is -11.8. The molecule has 35 heavy (non-hydrogen) atoms. The molecule has 0 aliphatic carbocycles. The number of hydrogen-bond acceptors (Lipinski definition) is 6. The molecule has 3 aliphatic rings. The Morgan fingerprint density at radius 2 is 1.11 bits per heavy atom. The molecule has 4 rings (SSSR count). The minimum atomic E-state index is -5.95. The molecule has 0 aromatic heterocycles. The van der Waals surface area contributed by atoms with Crippen LogP contribution >= 0.6 is 13.7 Å². The van der Waals surface area contributed by atoms with E-state index in [-0.39, 0.29) is 62.4 Å². The zero-order valence-electron chi connectivity index (χ0n) is 18.9. The zero-order chi connectivity index (χ0) is 26.5. The fraction of sp³-hybridized carbons (Fsp3) is 0.684. The molecule has 6 nitrogen and oxygen atoms in total. The molecule has 0 spiro atoms. The summed E-state index contributed by atoms with van der Waals surface area (Å²) in [5.41, 5.74) is -10.6. The topological polar surface area (TPSA) is 86.7 Å². The monoisotopic (exact) mass is 592 g/mol. The molecule has 3 aliphatic heterocycles. The Balaban J connectivity index is 2.07. The molecule has 1 aromatic carbocycles. The summed E-state index contributed by atoms with van der Waals surface area (Å²) in [4.78, 5) is 0. The van der Waals surface area contributed by atoms with Gasteiger partial charge < -0.3 is 0 Å². The second kappa shape index (κ2) is 8.76. The molecule has 1 aromatic rings. The van der Waals surface area contributed by atoms with Crippen molar-refractivity contribution in [3.63, 3.8) is 0 Å². The third-order valence-corrected chi connectivity index (χ3v) is 23.7. The summed E-state index contributed by atoms with van der Waals surface area (Å²) in [6, 6.07) is 8.39. The van der Waals surface area contributed by atoms with E-state index in [0.717, 1.165) is 0 Å². The molecule has 0 radical (unpaired) electrons. The molecule has 3 fully saturated rings. The predicted molar refractivity (Wildman–Crippen MR) is 125 cm³/mol. The fourth-order valence-electron chi connectivity index (χ4n) is 5.62. The van der Waals surface area contributed by atoms with Crippen LogP contribution in [0.5, 0.6) is 0 Å². The van der Waals surface area contributed by atoms with Gasteiger partial charge in [0.25, 0.3) is 0 Å². The molecule has 0 unspecified atom stereocenters. The van der Waals surface area contributed by atoms with Crippen LogP contribution in [0.4, 0.5) is 26.3 Å². The molecule has 0 N–H and O–H groups in total. The van der Waals surface area contributed by atoms with Crippen molar-refractivity contribution in [2.24, 2.45) is 0 Å². The molecular weight excluding hydrogens is 564 g/mol. The van der Waals surface area contributed by atoms with E-state index in [2.05, 4.69) is 0 Å². The molecule has 3 heterocycles. The number of benzene rings is 1. The molecular formula is C19H28F6O6P2S2. The Hall–Kier alpha value is -0.520. The van der Waals surface area contributed by atoms with Crippen molar-refractivity contribution in [2.45, 2.75) is 36.4 Å². The van der Waals surface area contributed by atoms with Crippen LogP contribution in [0.15, 0.2) is 30.3 Å². The molecule has 0 saturated carbocycles. The Labute approximate surface area is 201 Å². The molecule has 0 amide bonds. The van der Waals surface area contributed by atoms with Crippen LogP contribution in [-0.2, 0) is 34.3 Å². The maximum absolute atomic E-state index is 13.4. The third kappa shape index (κ3) is 5.82. The van der Waals surface area contributed by atoms with E-state index < -0.39 is 44.9 Å². The Morgan fingerprint density at radius 3 is 1.51 bits per heavy atom. The molecule has 204 valence electrons. The summed E-state index contributed by atoms with van der Waals surface area (Å²) < 4.78 is 139. The summed E-state index contributed by atoms with van der Waals surface area (Å²) >= 11 is 0. The number of fused-ring (bicyclic) bond motifs is 6. The van der Waals surface area contributed by atoms with Crippen molar-refractivity contribution in [1.82, 2.24) is 0 Å². The second-order valence-corrected chi connectivity index (χ2v) is 25.1. The van der Waals surface area contributed by atoms with Crippen LogP contribution in [0.25, 0.3) is 0 Å². The minimum absolute atomic E-state index is 0.000266. The van der Waals surface area contributed by atoms with Crippen LogP contribution < -0.4 is 0 Å². The van der Waals surface area contributed by atoms with Gasteiger partial charge in [-0.05, 0) is 0 Å². The first-order chi connectivity index (χ1) is 15.7. The average Bonchev–Trinajstić information content (AvgIpc) is 2.64. The van der Waals surface area contributed by atoms with Gasteiger partial charge in [-0.2, -0.15) is 0 Å². The SMILES string of the molecule is CP12(OS(=O)(=O)C(F)(F)F)CCCP(Cc3ccccc3)(OS(=O)(=O)C(F)(F)F)(CCC1)CCC2. The van der Waals surface area contributed by atoms with Crippen molar-refractivity contribution in [3.05, 3.63) is 35.9 Å². The summed E-state index contributed by atoms with van der Waals surface area (Å²) in [5.74, 6) is 0. The van der Waals surface area contributed by atoms with E-state index in [1.54, 1.807) is 30.3 Å². The van der Waals surface area contributed by atoms with Crippen LogP contribution in [0.3, 0.4) is 0 Å². The Kier molecular flexibility index (Phi) is 7.27. The van der Waals surface area contributed by atoms with Crippen LogP contribution in [0, 0.1) is 0 Å². The Bertz CT molecular complexity index is 1130. The second-order valence-electron chi connectivity index (χ2n) is 10.0. The van der Waals surface area contributed by atoms with Gasteiger partial charge in [0.05, 0.1) is 0 Å². The van der Waals surface area contributed by atoms with Gasteiger partial charge in [0.1, 0.15) is 0 Å². The van der Waals surface area contributed by atoms with Crippen molar-refractivity contribution in [3.8, 4) is 0 Å². The molecule has 3 saturated heterocycles. The Morgan fingerprint density at radius 1 is 0.714 bits per heavy atom. The first-order valence-corrected chi connectivity index (χ1v) is 19.7. The van der Waals surface area contributed by atoms with Crippen molar-refractivity contribution < 1.29 is 51.1 Å². The van der Waals surface area contributed by atoms with Gasteiger partial charge in [0.2, 0.25) is 0 Å². The van der Waals surface area contributed by atoms with Gasteiger partial charge in [0.15, 0.2) is 0 Å². The average molecular weight is 592 g/mol. The van der Waals surface area contributed by atoms with Crippen LogP contribution in [-0.4, -0.2) is 71.5 Å². The van der Waals surface area contributed by atoms with E-state index in [4.69, 9.17) is 7.94 Å². The van der Waals surface area contributed by atoms with Crippen molar-refractivity contribution in [2.75, 3.05) is 43.6 Å². The predicted octanol–water partition coefficient (Wildman–Crippen LogP) is 5.68. The van der Waals surface area contributed by atoms with Crippen LogP contribution in [0.2, 0.25) is 0 Å². The van der Waals surface area contributed by atoms with Crippen molar-refractivity contribution >= 4 is 33.9 Å². The number of alkyl halides is 6. The van der Waals surface area contributed by atoms with Gasteiger partial charge in [-0.15, -0.1) is 0 Å². The van der Waals surface area contributed by atoms with Gasteiger partial charge in [-0.1, -0.05) is 0 Å². The molecule has 0 atom stereocenters. The maximum atomic E-state index is 13.4.